The first-order valence-electron chi connectivity index (χ1n) is 8.64. The van der Waals surface area contributed by atoms with Crippen molar-refractivity contribution in [3.63, 3.8) is 0 Å². The molecule has 1 aromatic heterocycles. The van der Waals surface area contributed by atoms with E-state index in [0.717, 1.165) is 33.1 Å². The van der Waals surface area contributed by atoms with Crippen LogP contribution >= 0.6 is 11.3 Å². The van der Waals surface area contributed by atoms with Crippen LogP contribution in [0.1, 0.15) is 30.5 Å². The van der Waals surface area contributed by atoms with Crippen molar-refractivity contribution >= 4 is 33.1 Å². The average molecular weight is 354 g/mol. The Labute approximate surface area is 152 Å². The van der Waals surface area contributed by atoms with E-state index < -0.39 is 0 Å². The van der Waals surface area contributed by atoms with Crippen molar-refractivity contribution < 1.29 is 9.69 Å². The molecule has 1 unspecified atom stereocenters. The van der Waals surface area contributed by atoms with Gasteiger partial charge < -0.3 is 10.2 Å². The van der Waals surface area contributed by atoms with Gasteiger partial charge in [-0.15, -0.1) is 11.3 Å². The van der Waals surface area contributed by atoms with Crippen molar-refractivity contribution in [3.05, 3.63) is 59.1 Å². The minimum atomic E-state index is 0.0337. The Kier molecular flexibility index (Phi) is 5.46. The van der Waals surface area contributed by atoms with Gasteiger partial charge in [-0.1, -0.05) is 37.3 Å². The first-order valence-corrected chi connectivity index (χ1v) is 9.45. The molecule has 0 spiro atoms. The van der Waals surface area contributed by atoms with Gasteiger partial charge in [0.15, 0.2) is 11.6 Å². The highest BCUT2D eigenvalue weighted by Gasteiger charge is 2.22. The van der Waals surface area contributed by atoms with Gasteiger partial charge in [-0.3, -0.25) is 4.79 Å². The largest absolute Gasteiger partial charge is 0.322 e. The summed E-state index contributed by atoms with van der Waals surface area (Å²) in [6.45, 7) is 4.63. The standard InChI is InChI=1S/C20H23N3OS/c1-4-15-9-5-6-10-16(15)21-19(24)13-23(3)14(2)20-22-17-11-7-8-12-18(17)25-20/h5-12,14H,4,13H2,1-3H3,(H,21,24)/p+1/t14-/m1/s1. The fourth-order valence-corrected chi connectivity index (χ4v) is 3.95. The summed E-state index contributed by atoms with van der Waals surface area (Å²) in [6, 6.07) is 16.3. The van der Waals surface area contributed by atoms with E-state index in [1.165, 1.54) is 4.70 Å². The lowest BCUT2D eigenvalue weighted by Gasteiger charge is -2.19. The fourth-order valence-electron chi connectivity index (χ4n) is 2.84. The number of benzene rings is 2. The minimum Gasteiger partial charge on any atom is -0.322 e. The molecule has 3 rings (SSSR count). The number of amides is 1. The number of aryl methyl sites for hydroxylation is 1. The fraction of sp³-hybridized carbons (Fsp3) is 0.300. The number of anilines is 1. The summed E-state index contributed by atoms with van der Waals surface area (Å²) in [4.78, 5) is 18.3. The van der Waals surface area contributed by atoms with E-state index in [0.29, 0.717) is 6.54 Å². The van der Waals surface area contributed by atoms with Crippen LogP contribution in [0.2, 0.25) is 0 Å². The van der Waals surface area contributed by atoms with Gasteiger partial charge in [0.2, 0.25) is 0 Å². The van der Waals surface area contributed by atoms with Crippen LogP contribution in [0.5, 0.6) is 0 Å². The molecule has 2 aromatic carbocycles. The molecular weight excluding hydrogens is 330 g/mol. The third-order valence-corrected chi connectivity index (χ3v) is 5.75. The van der Waals surface area contributed by atoms with E-state index >= 15 is 0 Å². The number of aromatic nitrogens is 1. The maximum absolute atomic E-state index is 12.4. The molecule has 0 aliphatic heterocycles. The van der Waals surface area contributed by atoms with Crippen LogP contribution in [0.25, 0.3) is 10.2 Å². The predicted octanol–water partition coefficient (Wildman–Crippen LogP) is 3.07. The van der Waals surface area contributed by atoms with Gasteiger partial charge in [0.25, 0.3) is 5.91 Å². The molecule has 0 aliphatic carbocycles. The minimum absolute atomic E-state index is 0.0337. The Balaban J connectivity index is 1.66. The third-order valence-electron chi connectivity index (χ3n) is 4.53. The van der Waals surface area contributed by atoms with Gasteiger partial charge in [-0.05, 0) is 37.1 Å². The third kappa shape index (κ3) is 4.06. The van der Waals surface area contributed by atoms with Crippen molar-refractivity contribution in [1.82, 2.24) is 4.98 Å². The van der Waals surface area contributed by atoms with E-state index in [-0.39, 0.29) is 11.9 Å². The molecule has 0 saturated heterocycles. The number of hydrogen-bond acceptors (Lipinski definition) is 3. The Morgan fingerprint density at radius 3 is 2.68 bits per heavy atom. The maximum atomic E-state index is 12.4. The molecule has 130 valence electrons. The van der Waals surface area contributed by atoms with E-state index in [1.807, 2.05) is 43.4 Å². The number of quaternary nitrogens is 1. The lowest BCUT2D eigenvalue weighted by molar-refractivity contribution is -0.902. The predicted molar refractivity (Wildman–Crippen MR) is 104 cm³/mol. The van der Waals surface area contributed by atoms with Gasteiger partial charge in [-0.25, -0.2) is 4.98 Å². The van der Waals surface area contributed by atoms with Crippen molar-refractivity contribution in [1.29, 1.82) is 0 Å². The Hall–Kier alpha value is -2.24. The maximum Gasteiger partial charge on any atom is 0.279 e. The molecule has 2 N–H and O–H groups in total. The second-order valence-electron chi connectivity index (χ2n) is 6.32. The summed E-state index contributed by atoms with van der Waals surface area (Å²) >= 11 is 1.71. The Morgan fingerprint density at radius 1 is 1.20 bits per heavy atom. The average Bonchev–Trinajstić information content (AvgIpc) is 3.05. The zero-order chi connectivity index (χ0) is 17.8. The van der Waals surface area contributed by atoms with Gasteiger partial charge in [0.05, 0.1) is 17.3 Å². The first-order chi connectivity index (χ1) is 12.1. The molecule has 0 bridgehead atoms. The second kappa shape index (κ2) is 7.76. The zero-order valence-electron chi connectivity index (χ0n) is 14.9. The van der Waals surface area contributed by atoms with E-state index in [4.69, 9.17) is 4.98 Å². The van der Waals surface area contributed by atoms with Gasteiger partial charge in [0, 0.05) is 5.69 Å². The monoisotopic (exact) mass is 354 g/mol. The number of rotatable bonds is 6. The summed E-state index contributed by atoms with van der Waals surface area (Å²) in [5.74, 6) is 0.0337. The number of nitrogens with zero attached hydrogens (tertiary/aromatic N) is 1. The van der Waals surface area contributed by atoms with Crippen molar-refractivity contribution in [2.75, 3.05) is 18.9 Å². The number of hydrogen-bond donors (Lipinski definition) is 2. The van der Waals surface area contributed by atoms with Crippen molar-refractivity contribution in [3.8, 4) is 0 Å². The molecule has 4 nitrogen and oxygen atoms in total. The molecule has 0 aliphatic rings. The number of likely N-dealkylation sites (N-methyl/N-ethyl adjacent to an activating group) is 1. The highest BCUT2D eigenvalue weighted by Crippen LogP contribution is 2.24. The second-order valence-corrected chi connectivity index (χ2v) is 7.39. The lowest BCUT2D eigenvalue weighted by atomic mass is 10.1. The molecule has 0 radical (unpaired) electrons. The normalized spacial score (nSPS) is 13.6. The van der Waals surface area contributed by atoms with Crippen molar-refractivity contribution in [2.24, 2.45) is 0 Å². The van der Waals surface area contributed by atoms with E-state index in [2.05, 4.69) is 31.3 Å². The van der Waals surface area contributed by atoms with Crippen LogP contribution in [-0.4, -0.2) is 24.5 Å². The summed E-state index contributed by atoms with van der Waals surface area (Å²) < 4.78 is 1.19. The van der Waals surface area contributed by atoms with Crippen LogP contribution < -0.4 is 10.2 Å². The van der Waals surface area contributed by atoms with E-state index in [9.17, 15) is 4.79 Å². The summed E-state index contributed by atoms with van der Waals surface area (Å²) in [5.41, 5.74) is 3.10. The highest BCUT2D eigenvalue weighted by atomic mass is 32.1. The number of carbonyl (C=O) groups excluding carboxylic acids is 1. The summed E-state index contributed by atoms with van der Waals surface area (Å²) in [7, 11) is 2.04. The summed E-state index contributed by atoms with van der Waals surface area (Å²) in [6.07, 6.45) is 0.904. The summed E-state index contributed by atoms with van der Waals surface area (Å²) in [5, 5.41) is 4.12. The van der Waals surface area contributed by atoms with Crippen molar-refractivity contribution in [2.45, 2.75) is 26.3 Å². The number of nitrogens with one attached hydrogen (secondary N) is 2. The van der Waals surface area contributed by atoms with Crippen LogP contribution in [0, 0.1) is 0 Å². The Morgan fingerprint density at radius 2 is 1.92 bits per heavy atom. The van der Waals surface area contributed by atoms with Gasteiger partial charge in [0.1, 0.15) is 6.04 Å². The molecule has 2 atom stereocenters. The lowest BCUT2D eigenvalue weighted by Crippen LogP contribution is -3.10. The Bertz CT molecular complexity index is 841. The molecule has 5 heteroatoms. The highest BCUT2D eigenvalue weighted by molar-refractivity contribution is 7.18. The van der Waals surface area contributed by atoms with Crippen LogP contribution in [0.3, 0.4) is 0 Å². The molecule has 1 heterocycles. The molecule has 0 fully saturated rings. The topological polar surface area (TPSA) is 46.4 Å². The smallest absolute Gasteiger partial charge is 0.279 e. The molecule has 0 saturated carbocycles. The van der Waals surface area contributed by atoms with Crippen LogP contribution in [0.4, 0.5) is 5.69 Å². The molecule has 3 aromatic rings. The first kappa shape index (κ1) is 17.6. The van der Waals surface area contributed by atoms with E-state index in [1.54, 1.807) is 11.3 Å². The number of fused-ring (bicyclic) bond motifs is 1. The number of thiazole rings is 1. The SMILES string of the molecule is CCc1ccccc1NC(=O)C[NH+](C)[C@H](C)c1nc2ccccc2s1. The van der Waals surface area contributed by atoms with Crippen LogP contribution in [-0.2, 0) is 11.2 Å². The zero-order valence-corrected chi connectivity index (χ0v) is 15.7. The molecular formula is C20H24N3OS+. The van der Waals surface area contributed by atoms with Crippen LogP contribution in [0.15, 0.2) is 48.5 Å². The molecule has 25 heavy (non-hydrogen) atoms. The van der Waals surface area contributed by atoms with Gasteiger partial charge >= 0.3 is 0 Å². The molecule has 1 amide bonds. The van der Waals surface area contributed by atoms with Gasteiger partial charge in [-0.2, -0.15) is 0 Å². The number of carbonyl (C=O) groups is 1. The quantitative estimate of drug-likeness (QED) is 0.715. The number of para-hydroxylation sites is 2.